The minimum Gasteiger partial charge on any atom is -0.290 e. The van der Waals surface area contributed by atoms with Crippen LogP contribution in [-0.2, 0) is 6.42 Å². The molecule has 1 aliphatic heterocycles. The lowest BCUT2D eigenvalue weighted by molar-refractivity contribution is 0.141. The summed E-state index contributed by atoms with van der Waals surface area (Å²) >= 11 is 0. The van der Waals surface area contributed by atoms with Crippen molar-refractivity contribution >= 4 is 6.34 Å². The molecule has 2 unspecified atom stereocenters. The minimum atomic E-state index is 0.240. The molecular weight excluding hydrogens is 202 g/mol. The van der Waals surface area contributed by atoms with Crippen LogP contribution >= 0.6 is 0 Å². The molecule has 2 N–H and O–H groups in total. The molecule has 4 nitrogen and oxygen atoms in total. The first-order chi connectivity index (χ1) is 7.74. The summed E-state index contributed by atoms with van der Waals surface area (Å²) in [6.45, 7) is 4.27. The van der Waals surface area contributed by atoms with Gasteiger partial charge in [-0.25, -0.2) is 0 Å². The Morgan fingerprint density at radius 2 is 2.19 bits per heavy atom. The van der Waals surface area contributed by atoms with E-state index in [1.54, 1.807) is 0 Å². The summed E-state index contributed by atoms with van der Waals surface area (Å²) in [7, 11) is 0. The van der Waals surface area contributed by atoms with Crippen molar-refractivity contribution in [3.63, 3.8) is 0 Å². The number of fused-ring (bicyclic) bond motifs is 1. The molecule has 0 saturated heterocycles. The van der Waals surface area contributed by atoms with Crippen molar-refractivity contribution in [3.8, 4) is 0 Å². The van der Waals surface area contributed by atoms with Gasteiger partial charge in [0.25, 0.3) is 0 Å². The molecule has 1 aliphatic rings. The number of nitrogens with one attached hydrogen (secondary N) is 1. The molecule has 1 heterocycles. The predicted molar refractivity (Wildman–Crippen MR) is 63.3 cm³/mol. The van der Waals surface area contributed by atoms with Crippen molar-refractivity contribution in [1.82, 2.24) is 10.5 Å². The van der Waals surface area contributed by atoms with E-state index >= 15 is 0 Å². The number of hydroxylamine groups is 1. The van der Waals surface area contributed by atoms with Gasteiger partial charge in [-0.2, -0.15) is 5.10 Å². The molecular formula is C12H17N3O. The summed E-state index contributed by atoms with van der Waals surface area (Å²) in [5.41, 5.74) is 4.66. The van der Waals surface area contributed by atoms with Gasteiger partial charge in [0.2, 0.25) is 0 Å². The third-order valence-electron chi connectivity index (χ3n) is 3.12. The summed E-state index contributed by atoms with van der Waals surface area (Å²) < 4.78 is 0. The van der Waals surface area contributed by atoms with Crippen molar-refractivity contribution in [2.24, 2.45) is 5.10 Å². The van der Waals surface area contributed by atoms with Crippen LogP contribution in [0.25, 0.3) is 0 Å². The number of rotatable bonds is 2. The van der Waals surface area contributed by atoms with Crippen molar-refractivity contribution < 1.29 is 5.21 Å². The van der Waals surface area contributed by atoms with Gasteiger partial charge in [-0.1, -0.05) is 24.3 Å². The number of hydrogen-bond donors (Lipinski definition) is 2. The summed E-state index contributed by atoms with van der Waals surface area (Å²) in [6, 6.07) is 9.03. The van der Waals surface area contributed by atoms with E-state index in [9.17, 15) is 0 Å². The lowest BCUT2D eigenvalue weighted by Crippen LogP contribution is -2.37. The van der Waals surface area contributed by atoms with Crippen molar-refractivity contribution in [1.29, 1.82) is 0 Å². The molecule has 0 bridgehead atoms. The summed E-state index contributed by atoms with van der Waals surface area (Å²) in [5.74, 6) is 0. The van der Waals surface area contributed by atoms with Gasteiger partial charge in [0.15, 0.2) is 0 Å². The molecule has 16 heavy (non-hydrogen) atoms. The largest absolute Gasteiger partial charge is 0.290 e. The van der Waals surface area contributed by atoms with Gasteiger partial charge in [-0.3, -0.25) is 15.7 Å². The fourth-order valence-electron chi connectivity index (χ4n) is 2.37. The van der Waals surface area contributed by atoms with E-state index in [1.165, 1.54) is 17.5 Å². The SMILES string of the molecule is CC1Cc2ccccc2C(C)N1N=CNO. The maximum atomic E-state index is 8.54. The highest BCUT2D eigenvalue weighted by Crippen LogP contribution is 2.32. The zero-order chi connectivity index (χ0) is 11.5. The van der Waals surface area contributed by atoms with Crippen LogP contribution in [0.5, 0.6) is 0 Å². The molecule has 0 radical (unpaired) electrons. The number of benzene rings is 1. The van der Waals surface area contributed by atoms with Crippen LogP contribution < -0.4 is 5.48 Å². The molecule has 0 spiro atoms. The van der Waals surface area contributed by atoms with Gasteiger partial charge in [-0.15, -0.1) is 0 Å². The third kappa shape index (κ3) is 1.88. The predicted octanol–water partition coefficient (Wildman–Crippen LogP) is 1.92. The molecule has 1 aromatic rings. The van der Waals surface area contributed by atoms with Crippen LogP contribution in [0, 0.1) is 0 Å². The highest BCUT2D eigenvalue weighted by molar-refractivity contribution is 5.52. The Hall–Kier alpha value is -1.55. The smallest absolute Gasteiger partial charge is 0.132 e. The Kier molecular flexibility index (Phi) is 3.10. The molecule has 2 rings (SSSR count). The molecule has 0 fully saturated rings. The Balaban J connectivity index is 2.30. The molecule has 0 aromatic heterocycles. The average Bonchev–Trinajstić information content (AvgIpc) is 2.29. The second kappa shape index (κ2) is 4.53. The fourth-order valence-corrected chi connectivity index (χ4v) is 2.37. The van der Waals surface area contributed by atoms with E-state index in [1.807, 2.05) is 10.5 Å². The maximum Gasteiger partial charge on any atom is 0.132 e. The second-order valence-electron chi connectivity index (χ2n) is 4.18. The van der Waals surface area contributed by atoms with E-state index in [2.05, 4.69) is 43.2 Å². The molecule has 0 amide bonds. The van der Waals surface area contributed by atoms with E-state index < -0.39 is 0 Å². The Morgan fingerprint density at radius 1 is 1.44 bits per heavy atom. The fraction of sp³-hybridized carbons (Fsp3) is 0.417. The number of nitrogens with zero attached hydrogens (tertiary/aromatic N) is 2. The number of hydrogen-bond acceptors (Lipinski definition) is 3. The van der Waals surface area contributed by atoms with Crippen LogP contribution in [0.3, 0.4) is 0 Å². The lowest BCUT2D eigenvalue weighted by atomic mass is 9.91. The molecule has 0 aliphatic carbocycles. The quantitative estimate of drug-likeness (QED) is 0.454. The second-order valence-corrected chi connectivity index (χ2v) is 4.18. The van der Waals surface area contributed by atoms with E-state index in [-0.39, 0.29) is 6.04 Å². The molecule has 86 valence electrons. The van der Waals surface area contributed by atoms with E-state index in [4.69, 9.17) is 5.21 Å². The van der Waals surface area contributed by atoms with Gasteiger partial charge in [0.05, 0.1) is 6.04 Å². The molecule has 0 saturated carbocycles. The first-order valence-electron chi connectivity index (χ1n) is 5.52. The molecule has 1 aromatic carbocycles. The van der Waals surface area contributed by atoms with Crippen LogP contribution in [0.2, 0.25) is 0 Å². The lowest BCUT2D eigenvalue weighted by Gasteiger charge is -2.38. The van der Waals surface area contributed by atoms with Gasteiger partial charge in [0.1, 0.15) is 6.34 Å². The topological polar surface area (TPSA) is 47.9 Å². The molecule has 2 atom stereocenters. The third-order valence-corrected chi connectivity index (χ3v) is 3.12. The highest BCUT2D eigenvalue weighted by atomic mass is 16.5. The van der Waals surface area contributed by atoms with Gasteiger partial charge in [0, 0.05) is 6.04 Å². The zero-order valence-corrected chi connectivity index (χ0v) is 9.59. The normalized spacial score (nSPS) is 24.6. The average molecular weight is 219 g/mol. The first-order valence-corrected chi connectivity index (χ1v) is 5.52. The van der Waals surface area contributed by atoms with Crippen LogP contribution in [0.1, 0.15) is 31.0 Å². The monoisotopic (exact) mass is 219 g/mol. The summed E-state index contributed by atoms with van der Waals surface area (Å²) in [5, 5.41) is 14.8. The van der Waals surface area contributed by atoms with Crippen LogP contribution in [0.15, 0.2) is 29.4 Å². The van der Waals surface area contributed by atoms with E-state index in [0.29, 0.717) is 6.04 Å². The zero-order valence-electron chi connectivity index (χ0n) is 9.59. The minimum absolute atomic E-state index is 0.240. The summed E-state index contributed by atoms with van der Waals surface area (Å²) in [6.07, 6.45) is 2.30. The summed E-state index contributed by atoms with van der Waals surface area (Å²) in [4.78, 5) is 0. The van der Waals surface area contributed by atoms with E-state index in [0.717, 1.165) is 6.42 Å². The van der Waals surface area contributed by atoms with Crippen molar-refractivity contribution in [2.45, 2.75) is 32.4 Å². The first kappa shape index (κ1) is 11.0. The van der Waals surface area contributed by atoms with Gasteiger partial charge in [-0.05, 0) is 31.4 Å². The molecule has 4 heteroatoms. The van der Waals surface area contributed by atoms with Gasteiger partial charge < -0.3 is 0 Å². The van der Waals surface area contributed by atoms with Crippen LogP contribution in [0.4, 0.5) is 0 Å². The maximum absolute atomic E-state index is 8.54. The van der Waals surface area contributed by atoms with Crippen molar-refractivity contribution in [2.75, 3.05) is 0 Å². The van der Waals surface area contributed by atoms with Crippen LogP contribution in [-0.4, -0.2) is 22.6 Å². The Morgan fingerprint density at radius 3 is 2.94 bits per heavy atom. The Bertz CT molecular complexity index is 392. The van der Waals surface area contributed by atoms with Gasteiger partial charge >= 0.3 is 0 Å². The number of hydrazone groups is 1. The highest BCUT2D eigenvalue weighted by Gasteiger charge is 2.27. The standard InChI is InChI=1S/C12H17N3O/c1-9-7-11-5-3-4-6-12(11)10(2)15(9)13-8-14-16/h3-6,8-10,16H,7H2,1-2H3,(H,13,14). The van der Waals surface area contributed by atoms with Crippen molar-refractivity contribution in [3.05, 3.63) is 35.4 Å². The Labute approximate surface area is 95.5 Å².